The van der Waals surface area contributed by atoms with E-state index in [0.717, 1.165) is 11.3 Å². The molecule has 1 amide bonds. The molecular formula is C11H13N2O2+. The topological polar surface area (TPSA) is 41.3 Å². The van der Waals surface area contributed by atoms with Gasteiger partial charge in [0.15, 0.2) is 6.54 Å². The van der Waals surface area contributed by atoms with Crippen LogP contribution in [0.1, 0.15) is 12.0 Å². The standard InChI is InChI=1S/C11H12N2O2/c1-15-10-5-3-2-4-9(10)8-13-7-6-11(14)12-13/h2-5,8H,6-7H2,1H3/p+1/b13-8-. The summed E-state index contributed by atoms with van der Waals surface area (Å²) in [5.41, 5.74) is 3.70. The SMILES string of the molecule is COc1ccccc1/C=[N+]1/CCC(=O)N1. The molecular weight excluding hydrogens is 192 g/mol. The van der Waals surface area contributed by atoms with Gasteiger partial charge in [-0.3, -0.25) is 4.79 Å². The van der Waals surface area contributed by atoms with Crippen LogP contribution in [0.4, 0.5) is 0 Å². The molecule has 0 radical (unpaired) electrons. The van der Waals surface area contributed by atoms with Crippen LogP contribution in [0.25, 0.3) is 0 Å². The molecule has 0 atom stereocenters. The number of nitrogens with one attached hydrogen (secondary N) is 1. The zero-order valence-corrected chi connectivity index (χ0v) is 8.56. The van der Waals surface area contributed by atoms with E-state index in [1.807, 2.05) is 30.5 Å². The van der Waals surface area contributed by atoms with Crippen LogP contribution in [0.5, 0.6) is 5.75 Å². The highest BCUT2D eigenvalue weighted by atomic mass is 16.5. The molecule has 78 valence electrons. The highest BCUT2D eigenvalue weighted by Gasteiger charge is 2.21. The molecule has 4 heteroatoms. The van der Waals surface area contributed by atoms with Crippen LogP contribution in [0, 0.1) is 0 Å². The average Bonchev–Trinajstić information content (AvgIpc) is 2.65. The van der Waals surface area contributed by atoms with Crippen LogP contribution in [-0.4, -0.2) is 30.5 Å². The molecule has 1 aliphatic heterocycles. The Bertz CT molecular complexity index is 413. The second-order valence-corrected chi connectivity index (χ2v) is 3.35. The molecule has 1 fully saturated rings. The smallest absolute Gasteiger partial charge is 0.280 e. The third kappa shape index (κ3) is 2.15. The Hall–Kier alpha value is -1.84. The third-order valence-corrected chi connectivity index (χ3v) is 2.28. The number of ether oxygens (including phenoxy) is 1. The largest absolute Gasteiger partial charge is 0.496 e. The number of benzene rings is 1. The van der Waals surface area contributed by atoms with Crippen LogP contribution in [0.15, 0.2) is 24.3 Å². The first-order valence-electron chi connectivity index (χ1n) is 4.83. The van der Waals surface area contributed by atoms with Crippen LogP contribution in [0.3, 0.4) is 0 Å². The van der Waals surface area contributed by atoms with E-state index < -0.39 is 0 Å². The molecule has 4 nitrogen and oxygen atoms in total. The molecule has 1 saturated heterocycles. The van der Waals surface area contributed by atoms with Gasteiger partial charge in [-0.15, -0.1) is 10.1 Å². The zero-order valence-electron chi connectivity index (χ0n) is 8.56. The van der Waals surface area contributed by atoms with Crippen LogP contribution < -0.4 is 10.2 Å². The molecule has 15 heavy (non-hydrogen) atoms. The maximum absolute atomic E-state index is 11.0. The number of carbonyl (C=O) groups is 1. The van der Waals surface area contributed by atoms with Crippen LogP contribution in [-0.2, 0) is 4.79 Å². The second kappa shape index (κ2) is 4.13. The lowest BCUT2D eigenvalue weighted by atomic mass is 10.2. The molecule has 1 N–H and O–H groups in total. The van der Waals surface area contributed by atoms with Gasteiger partial charge in [0.2, 0.25) is 6.21 Å². The summed E-state index contributed by atoms with van der Waals surface area (Å²) < 4.78 is 6.99. The molecule has 0 aliphatic carbocycles. The Kier molecular flexibility index (Phi) is 2.67. The average molecular weight is 205 g/mol. The van der Waals surface area contributed by atoms with Gasteiger partial charge in [0.25, 0.3) is 5.91 Å². The van der Waals surface area contributed by atoms with Gasteiger partial charge in [-0.25, -0.2) is 0 Å². The summed E-state index contributed by atoms with van der Waals surface area (Å²) in [5, 5.41) is 0. The zero-order chi connectivity index (χ0) is 10.7. The van der Waals surface area contributed by atoms with E-state index in [2.05, 4.69) is 5.43 Å². The predicted molar refractivity (Wildman–Crippen MR) is 56.0 cm³/mol. The summed E-state index contributed by atoms with van der Waals surface area (Å²) in [5.74, 6) is 0.861. The predicted octanol–water partition coefficient (Wildman–Crippen LogP) is 0.561. The van der Waals surface area contributed by atoms with Crippen molar-refractivity contribution in [2.75, 3.05) is 13.7 Å². The molecule has 0 unspecified atom stereocenters. The normalized spacial score (nSPS) is 17.9. The Morgan fingerprint density at radius 3 is 2.93 bits per heavy atom. The van der Waals surface area contributed by atoms with Crippen molar-refractivity contribution in [2.24, 2.45) is 0 Å². The fourth-order valence-electron chi connectivity index (χ4n) is 1.53. The minimum absolute atomic E-state index is 0.0566. The van der Waals surface area contributed by atoms with Crippen molar-refractivity contribution in [1.82, 2.24) is 5.43 Å². The Balaban J connectivity index is 2.26. The molecule has 0 spiro atoms. The van der Waals surface area contributed by atoms with Crippen LogP contribution in [0.2, 0.25) is 0 Å². The first-order valence-corrected chi connectivity index (χ1v) is 4.83. The summed E-state index contributed by atoms with van der Waals surface area (Å²) in [6.07, 6.45) is 2.43. The Morgan fingerprint density at radius 1 is 1.47 bits per heavy atom. The second-order valence-electron chi connectivity index (χ2n) is 3.35. The maximum atomic E-state index is 11.0. The van der Waals surface area contributed by atoms with Crippen LogP contribution >= 0.6 is 0 Å². The maximum Gasteiger partial charge on any atom is 0.280 e. The van der Waals surface area contributed by atoms with Gasteiger partial charge in [0.05, 0.1) is 19.1 Å². The molecule has 1 heterocycles. The minimum atomic E-state index is 0.0566. The van der Waals surface area contributed by atoms with E-state index in [1.54, 1.807) is 11.8 Å². The lowest BCUT2D eigenvalue weighted by molar-refractivity contribution is -0.553. The van der Waals surface area contributed by atoms with Gasteiger partial charge in [-0.1, -0.05) is 12.1 Å². The summed E-state index contributed by atoms with van der Waals surface area (Å²) in [6.45, 7) is 0.705. The lowest BCUT2D eigenvalue weighted by Gasteiger charge is -2.01. The van der Waals surface area contributed by atoms with E-state index in [0.29, 0.717) is 13.0 Å². The first kappa shape index (κ1) is 9.71. The van der Waals surface area contributed by atoms with E-state index in [4.69, 9.17) is 4.74 Å². The van der Waals surface area contributed by atoms with E-state index in [-0.39, 0.29) is 5.91 Å². The van der Waals surface area contributed by atoms with E-state index in [9.17, 15) is 4.79 Å². The number of hydrogen-bond donors (Lipinski definition) is 1. The Morgan fingerprint density at radius 2 is 2.27 bits per heavy atom. The number of para-hydroxylation sites is 1. The van der Waals surface area contributed by atoms with Gasteiger partial charge >= 0.3 is 0 Å². The van der Waals surface area contributed by atoms with Gasteiger partial charge in [0.1, 0.15) is 5.75 Å². The lowest BCUT2D eigenvalue weighted by Crippen LogP contribution is -2.25. The number of carbonyl (C=O) groups excluding carboxylic acids is 1. The first-order chi connectivity index (χ1) is 7.29. The van der Waals surface area contributed by atoms with Crippen molar-refractivity contribution in [3.63, 3.8) is 0 Å². The van der Waals surface area contributed by atoms with Gasteiger partial charge in [-0.05, 0) is 12.1 Å². The van der Waals surface area contributed by atoms with Crippen molar-refractivity contribution in [3.05, 3.63) is 29.8 Å². The van der Waals surface area contributed by atoms with Crippen molar-refractivity contribution in [1.29, 1.82) is 0 Å². The molecule has 0 bridgehead atoms. The summed E-state index contributed by atoms with van der Waals surface area (Å²) >= 11 is 0. The fraction of sp³-hybridized carbons (Fsp3) is 0.273. The third-order valence-electron chi connectivity index (χ3n) is 2.28. The number of methoxy groups -OCH3 is 1. The number of rotatable bonds is 2. The summed E-state index contributed by atoms with van der Waals surface area (Å²) in [7, 11) is 1.63. The molecule has 1 aromatic rings. The van der Waals surface area contributed by atoms with E-state index in [1.165, 1.54) is 0 Å². The monoisotopic (exact) mass is 205 g/mol. The Labute approximate surface area is 88.2 Å². The number of hydrazine groups is 1. The van der Waals surface area contributed by atoms with E-state index >= 15 is 0 Å². The van der Waals surface area contributed by atoms with Crippen molar-refractivity contribution in [3.8, 4) is 5.75 Å². The van der Waals surface area contributed by atoms with Crippen molar-refractivity contribution in [2.45, 2.75) is 6.42 Å². The van der Waals surface area contributed by atoms with Gasteiger partial charge < -0.3 is 4.74 Å². The molecule has 2 rings (SSSR count). The van der Waals surface area contributed by atoms with Gasteiger partial charge in [0, 0.05) is 0 Å². The number of nitrogens with zero attached hydrogens (tertiary/aromatic N) is 1. The number of hydrogen-bond acceptors (Lipinski definition) is 2. The van der Waals surface area contributed by atoms with Crippen molar-refractivity contribution >= 4 is 12.1 Å². The minimum Gasteiger partial charge on any atom is -0.496 e. The highest BCUT2D eigenvalue weighted by Crippen LogP contribution is 2.14. The molecule has 0 aromatic heterocycles. The summed E-state index contributed by atoms with van der Waals surface area (Å²) in [6, 6.07) is 7.69. The quantitative estimate of drug-likeness (QED) is 0.717. The summed E-state index contributed by atoms with van der Waals surface area (Å²) in [4.78, 5) is 11.0. The molecule has 1 aromatic carbocycles. The number of hydrazone groups is 1. The fourth-order valence-corrected chi connectivity index (χ4v) is 1.53. The molecule has 1 aliphatic rings. The van der Waals surface area contributed by atoms with Gasteiger partial charge in [-0.2, -0.15) is 0 Å². The number of amides is 1. The highest BCUT2D eigenvalue weighted by molar-refractivity contribution is 5.82. The molecule has 0 saturated carbocycles. The van der Waals surface area contributed by atoms with Crippen molar-refractivity contribution < 1.29 is 14.2 Å².